The average Bonchev–Trinajstić information content (AvgIpc) is 2.97. The molecule has 0 spiro atoms. The predicted molar refractivity (Wildman–Crippen MR) is 89.0 cm³/mol. The number of anilines is 1. The van der Waals surface area contributed by atoms with Crippen molar-refractivity contribution in [2.24, 2.45) is 0 Å². The molecular formula is C16H27N4S. The molecule has 0 N–H and O–H groups in total. The third kappa shape index (κ3) is 3.96. The maximum atomic E-state index is 4.54. The lowest BCUT2D eigenvalue weighted by Gasteiger charge is -2.37. The van der Waals surface area contributed by atoms with E-state index in [9.17, 15) is 0 Å². The Morgan fingerprint density at radius 1 is 1.05 bits per heavy atom. The Balaban J connectivity index is 1.53. The highest BCUT2D eigenvalue weighted by Gasteiger charge is 2.21. The molecule has 2 fully saturated rings. The molecule has 3 heterocycles. The third-order valence-electron chi connectivity index (χ3n) is 4.63. The van der Waals surface area contributed by atoms with Crippen LogP contribution in [-0.2, 0) is 6.54 Å². The predicted octanol–water partition coefficient (Wildman–Crippen LogP) is 2.46. The van der Waals surface area contributed by atoms with Gasteiger partial charge in [0.25, 0.3) is 0 Å². The number of hydrogen-bond donors (Lipinski definition) is 0. The molecule has 1 aromatic heterocycles. The van der Waals surface area contributed by atoms with Crippen LogP contribution in [0, 0.1) is 6.20 Å². The van der Waals surface area contributed by atoms with Gasteiger partial charge in [0.05, 0.1) is 6.54 Å². The van der Waals surface area contributed by atoms with Crippen LogP contribution in [0.15, 0.2) is 0 Å². The van der Waals surface area contributed by atoms with Gasteiger partial charge in [-0.2, -0.15) is 0 Å². The standard InChI is InChI=1S/C16H27N4S/c1-14(2)19-8-10-20(11-9-19)16-12-17-15(21-16)13-18-6-4-3-5-7-18/h14H,3-11,13H2,1-2H3. The number of nitrogens with zero attached hydrogens (tertiary/aromatic N) is 4. The lowest BCUT2D eigenvalue weighted by atomic mass is 10.1. The largest absolute Gasteiger partial charge is 0.359 e. The SMILES string of the molecule is CC(C)N1CCN(c2[c]nc(CN3CCCCC3)s2)CC1. The lowest BCUT2D eigenvalue weighted by Crippen LogP contribution is -2.48. The number of aromatic nitrogens is 1. The highest BCUT2D eigenvalue weighted by molar-refractivity contribution is 7.15. The van der Waals surface area contributed by atoms with Crippen LogP contribution in [0.4, 0.5) is 5.00 Å². The minimum Gasteiger partial charge on any atom is -0.359 e. The second kappa shape index (κ2) is 7.07. The number of hydrogen-bond acceptors (Lipinski definition) is 5. The van der Waals surface area contributed by atoms with Crippen LogP contribution < -0.4 is 4.90 Å². The third-order valence-corrected chi connectivity index (χ3v) is 5.63. The molecule has 5 heteroatoms. The van der Waals surface area contributed by atoms with E-state index >= 15 is 0 Å². The quantitative estimate of drug-likeness (QED) is 0.852. The molecule has 2 aliphatic heterocycles. The van der Waals surface area contributed by atoms with Gasteiger partial charge in [0.15, 0.2) is 0 Å². The van der Waals surface area contributed by atoms with E-state index in [-0.39, 0.29) is 0 Å². The minimum atomic E-state index is 0.659. The van der Waals surface area contributed by atoms with Crippen molar-refractivity contribution in [3.63, 3.8) is 0 Å². The first-order valence-corrected chi connectivity index (χ1v) is 9.13. The number of piperidine rings is 1. The van der Waals surface area contributed by atoms with Crippen molar-refractivity contribution in [2.75, 3.05) is 44.2 Å². The van der Waals surface area contributed by atoms with Gasteiger partial charge in [-0.25, -0.2) is 4.98 Å². The maximum Gasteiger partial charge on any atom is 0.127 e. The Hall–Kier alpha value is -0.650. The first kappa shape index (κ1) is 15.3. The van der Waals surface area contributed by atoms with Gasteiger partial charge in [0, 0.05) is 32.2 Å². The monoisotopic (exact) mass is 307 g/mol. The number of piperazine rings is 1. The van der Waals surface area contributed by atoms with E-state index in [0.29, 0.717) is 6.04 Å². The molecule has 0 bridgehead atoms. The topological polar surface area (TPSA) is 22.6 Å². The van der Waals surface area contributed by atoms with E-state index in [0.717, 1.165) is 32.7 Å². The summed E-state index contributed by atoms with van der Waals surface area (Å²) in [6, 6.07) is 0.659. The summed E-state index contributed by atoms with van der Waals surface area (Å²) >= 11 is 1.84. The smallest absolute Gasteiger partial charge is 0.127 e. The average molecular weight is 307 g/mol. The van der Waals surface area contributed by atoms with Crippen molar-refractivity contribution in [2.45, 2.75) is 45.7 Å². The number of rotatable bonds is 4. The summed E-state index contributed by atoms with van der Waals surface area (Å²) in [7, 11) is 0. The summed E-state index contributed by atoms with van der Waals surface area (Å²) in [6.45, 7) is 12.6. The van der Waals surface area contributed by atoms with Crippen LogP contribution in [0.5, 0.6) is 0 Å². The Bertz CT molecular complexity index is 431. The highest BCUT2D eigenvalue weighted by Crippen LogP contribution is 2.26. The number of likely N-dealkylation sites (tertiary alicyclic amines) is 1. The van der Waals surface area contributed by atoms with E-state index in [4.69, 9.17) is 0 Å². The molecule has 1 radical (unpaired) electrons. The molecule has 3 rings (SSSR count). The summed E-state index contributed by atoms with van der Waals surface area (Å²) in [5.74, 6) is 0. The zero-order valence-electron chi connectivity index (χ0n) is 13.3. The fourth-order valence-electron chi connectivity index (χ4n) is 3.22. The van der Waals surface area contributed by atoms with Gasteiger partial charge >= 0.3 is 0 Å². The van der Waals surface area contributed by atoms with E-state index in [1.54, 1.807) is 0 Å². The van der Waals surface area contributed by atoms with Gasteiger partial charge in [-0.3, -0.25) is 9.80 Å². The van der Waals surface area contributed by atoms with Gasteiger partial charge in [0.2, 0.25) is 0 Å². The molecule has 0 unspecified atom stereocenters. The molecule has 2 aliphatic rings. The van der Waals surface area contributed by atoms with Crippen LogP contribution in [0.1, 0.15) is 38.1 Å². The van der Waals surface area contributed by atoms with Gasteiger partial charge in [-0.15, -0.1) is 0 Å². The van der Waals surface area contributed by atoms with Crippen LogP contribution in [-0.4, -0.2) is 60.1 Å². The Morgan fingerprint density at radius 3 is 2.43 bits per heavy atom. The van der Waals surface area contributed by atoms with Gasteiger partial charge in [0.1, 0.15) is 16.2 Å². The van der Waals surface area contributed by atoms with Crippen molar-refractivity contribution < 1.29 is 0 Å². The zero-order valence-corrected chi connectivity index (χ0v) is 14.2. The second-order valence-corrected chi connectivity index (χ2v) is 7.54. The van der Waals surface area contributed by atoms with Gasteiger partial charge < -0.3 is 4.90 Å². The van der Waals surface area contributed by atoms with Crippen molar-refractivity contribution in [3.8, 4) is 0 Å². The molecule has 0 amide bonds. The van der Waals surface area contributed by atoms with Crippen LogP contribution >= 0.6 is 11.3 Å². The van der Waals surface area contributed by atoms with Crippen molar-refractivity contribution in [1.29, 1.82) is 0 Å². The highest BCUT2D eigenvalue weighted by atomic mass is 32.1. The molecule has 0 saturated carbocycles. The summed E-state index contributed by atoms with van der Waals surface area (Å²) in [5.41, 5.74) is 0. The number of thiazole rings is 1. The molecule has 4 nitrogen and oxygen atoms in total. The normalized spacial score (nSPS) is 22.1. The fraction of sp³-hybridized carbons (Fsp3) is 0.812. The molecular weight excluding hydrogens is 280 g/mol. The summed E-state index contributed by atoms with van der Waals surface area (Å²) < 4.78 is 0. The minimum absolute atomic E-state index is 0.659. The van der Waals surface area contributed by atoms with Crippen molar-refractivity contribution in [3.05, 3.63) is 11.2 Å². The van der Waals surface area contributed by atoms with Crippen LogP contribution in [0.2, 0.25) is 0 Å². The molecule has 0 atom stereocenters. The molecule has 21 heavy (non-hydrogen) atoms. The van der Waals surface area contributed by atoms with E-state index in [2.05, 4.69) is 39.7 Å². The van der Waals surface area contributed by atoms with E-state index in [1.807, 2.05) is 11.3 Å². The first-order chi connectivity index (χ1) is 10.2. The molecule has 0 aromatic carbocycles. The molecule has 2 saturated heterocycles. The van der Waals surface area contributed by atoms with Crippen LogP contribution in [0.3, 0.4) is 0 Å². The Morgan fingerprint density at radius 2 is 1.76 bits per heavy atom. The zero-order chi connectivity index (χ0) is 14.7. The van der Waals surface area contributed by atoms with Crippen LogP contribution in [0.25, 0.3) is 0 Å². The first-order valence-electron chi connectivity index (χ1n) is 8.31. The molecule has 0 aliphatic carbocycles. The van der Waals surface area contributed by atoms with Gasteiger partial charge in [-0.1, -0.05) is 17.8 Å². The second-order valence-electron chi connectivity index (χ2n) is 6.48. The van der Waals surface area contributed by atoms with Gasteiger partial charge in [-0.05, 0) is 39.8 Å². The molecule has 117 valence electrons. The molecule has 1 aromatic rings. The lowest BCUT2D eigenvalue weighted by molar-refractivity contribution is 0.209. The summed E-state index contributed by atoms with van der Waals surface area (Å²) in [4.78, 5) is 12.1. The Labute approximate surface area is 132 Å². The van der Waals surface area contributed by atoms with E-state index in [1.165, 1.54) is 42.4 Å². The van der Waals surface area contributed by atoms with E-state index < -0.39 is 0 Å². The summed E-state index contributed by atoms with van der Waals surface area (Å²) in [5, 5.41) is 2.48. The van der Waals surface area contributed by atoms with Crippen molar-refractivity contribution >= 4 is 16.3 Å². The summed E-state index contributed by atoms with van der Waals surface area (Å²) in [6.07, 6.45) is 7.35. The fourth-order valence-corrected chi connectivity index (χ4v) is 4.19. The maximum absolute atomic E-state index is 4.54. The Kier molecular flexibility index (Phi) is 5.14. The van der Waals surface area contributed by atoms with Crippen molar-refractivity contribution in [1.82, 2.24) is 14.8 Å².